The van der Waals surface area contributed by atoms with Gasteiger partial charge >= 0.3 is 0 Å². The molecule has 0 spiro atoms. The molecule has 0 radical (unpaired) electrons. The summed E-state index contributed by atoms with van der Waals surface area (Å²) in [6, 6.07) is 10.7. The lowest BCUT2D eigenvalue weighted by Crippen LogP contribution is -2.34. The third-order valence-electron chi connectivity index (χ3n) is 7.32. The first-order valence-electron chi connectivity index (χ1n) is 12.3. The summed E-state index contributed by atoms with van der Waals surface area (Å²) in [5, 5.41) is 13.4. The standard InChI is InChI=1S/C29H22F4N2O3/c30-15-11-19(27(33)22(32)12-15)26-21(31)6-5-18-25(14-9-16(36)10-14)20(13-34-28(18)26)29(37)35-23-7-8-38-24-4-2-1-3-17(23)24/h1-6,11-14,16,23,36H,7-10H2,(H,35,37)/t14?,16?,23-/m0/s1. The maximum atomic E-state index is 15.1. The molecular weight excluding hydrogens is 500 g/mol. The van der Waals surface area contributed by atoms with E-state index in [1.165, 1.54) is 12.3 Å². The zero-order chi connectivity index (χ0) is 26.6. The molecule has 38 heavy (non-hydrogen) atoms. The third kappa shape index (κ3) is 4.07. The average Bonchev–Trinajstić information content (AvgIpc) is 2.88. The molecular formula is C29H22F4N2O3. The van der Waals surface area contributed by atoms with Crippen LogP contribution in [0.15, 0.2) is 54.7 Å². The van der Waals surface area contributed by atoms with E-state index in [9.17, 15) is 23.1 Å². The number of hydrogen-bond acceptors (Lipinski definition) is 4. The minimum atomic E-state index is -1.45. The summed E-state index contributed by atoms with van der Waals surface area (Å²) in [7, 11) is 0. The molecule has 6 rings (SSSR count). The van der Waals surface area contributed by atoms with Crippen molar-refractivity contribution in [3.63, 3.8) is 0 Å². The minimum absolute atomic E-state index is 0.0294. The number of benzene rings is 3. The maximum absolute atomic E-state index is 15.1. The molecule has 1 aromatic heterocycles. The molecule has 2 aliphatic rings. The Labute approximate surface area is 215 Å². The van der Waals surface area contributed by atoms with E-state index < -0.39 is 46.4 Å². The van der Waals surface area contributed by atoms with Crippen LogP contribution < -0.4 is 10.1 Å². The highest BCUT2D eigenvalue weighted by Crippen LogP contribution is 2.44. The summed E-state index contributed by atoms with van der Waals surface area (Å²) in [5.74, 6) is -4.80. The molecule has 1 fully saturated rings. The molecule has 0 unspecified atom stereocenters. The fraction of sp³-hybridized carbons (Fsp3) is 0.241. The van der Waals surface area contributed by atoms with Crippen LogP contribution in [0.2, 0.25) is 0 Å². The van der Waals surface area contributed by atoms with Gasteiger partial charge in [-0.05, 0) is 48.6 Å². The molecule has 2 heterocycles. The molecule has 0 bridgehead atoms. The first kappa shape index (κ1) is 24.4. The van der Waals surface area contributed by atoms with Crippen molar-refractivity contribution in [2.45, 2.75) is 37.3 Å². The van der Waals surface area contributed by atoms with Crippen LogP contribution in [0.3, 0.4) is 0 Å². The van der Waals surface area contributed by atoms with Crippen molar-refractivity contribution in [2.24, 2.45) is 0 Å². The molecule has 3 aromatic carbocycles. The van der Waals surface area contributed by atoms with Crippen LogP contribution in [0.4, 0.5) is 17.6 Å². The van der Waals surface area contributed by atoms with Gasteiger partial charge in [-0.25, -0.2) is 17.6 Å². The summed E-state index contributed by atoms with van der Waals surface area (Å²) in [6.45, 7) is 0.429. The van der Waals surface area contributed by atoms with E-state index in [4.69, 9.17) is 4.74 Å². The molecule has 5 nitrogen and oxygen atoms in total. The van der Waals surface area contributed by atoms with E-state index in [0.29, 0.717) is 54.7 Å². The Kier molecular flexibility index (Phi) is 6.03. The van der Waals surface area contributed by atoms with E-state index in [-0.39, 0.29) is 23.0 Å². The molecule has 1 aliphatic heterocycles. The van der Waals surface area contributed by atoms with Gasteiger partial charge in [-0.15, -0.1) is 0 Å². The molecule has 1 atom stereocenters. The number of carbonyl (C=O) groups is 1. The van der Waals surface area contributed by atoms with Gasteiger partial charge in [0.1, 0.15) is 17.4 Å². The molecule has 1 saturated carbocycles. The molecule has 0 saturated heterocycles. The van der Waals surface area contributed by atoms with Crippen LogP contribution in [0.25, 0.3) is 22.0 Å². The monoisotopic (exact) mass is 522 g/mol. The highest BCUT2D eigenvalue weighted by molar-refractivity contribution is 6.04. The van der Waals surface area contributed by atoms with Gasteiger partial charge in [0.15, 0.2) is 11.6 Å². The Morgan fingerprint density at radius 2 is 1.82 bits per heavy atom. The maximum Gasteiger partial charge on any atom is 0.253 e. The smallest absolute Gasteiger partial charge is 0.253 e. The van der Waals surface area contributed by atoms with Crippen molar-refractivity contribution in [1.82, 2.24) is 10.3 Å². The molecule has 2 N–H and O–H groups in total. The van der Waals surface area contributed by atoms with Gasteiger partial charge in [0.25, 0.3) is 5.91 Å². The second kappa shape index (κ2) is 9.40. The zero-order valence-corrected chi connectivity index (χ0v) is 20.0. The van der Waals surface area contributed by atoms with Gasteiger partial charge < -0.3 is 15.2 Å². The summed E-state index contributed by atoms with van der Waals surface area (Å²) < 4.78 is 63.5. The lowest BCUT2D eigenvalue weighted by Gasteiger charge is -2.34. The summed E-state index contributed by atoms with van der Waals surface area (Å²) in [6.07, 6.45) is 2.02. The van der Waals surface area contributed by atoms with Crippen LogP contribution in [0, 0.1) is 23.3 Å². The van der Waals surface area contributed by atoms with Crippen molar-refractivity contribution in [2.75, 3.05) is 6.61 Å². The lowest BCUT2D eigenvalue weighted by atomic mass is 9.74. The predicted octanol–water partition coefficient (Wildman–Crippen LogP) is 5.95. The van der Waals surface area contributed by atoms with Gasteiger partial charge in [-0.1, -0.05) is 18.2 Å². The fourth-order valence-corrected chi connectivity index (χ4v) is 5.43. The molecule has 1 aliphatic carbocycles. The second-order valence-electron chi connectivity index (χ2n) is 9.68. The quantitative estimate of drug-likeness (QED) is 0.257. The van der Waals surface area contributed by atoms with Crippen LogP contribution in [-0.4, -0.2) is 28.7 Å². The van der Waals surface area contributed by atoms with Crippen LogP contribution >= 0.6 is 0 Å². The Balaban J connectivity index is 1.48. The Morgan fingerprint density at radius 1 is 1.03 bits per heavy atom. The van der Waals surface area contributed by atoms with E-state index in [1.54, 1.807) is 0 Å². The number of carbonyl (C=O) groups excluding carboxylic acids is 1. The number of aliphatic hydroxyl groups excluding tert-OH is 1. The summed E-state index contributed by atoms with van der Waals surface area (Å²) in [4.78, 5) is 17.9. The van der Waals surface area contributed by atoms with Gasteiger partial charge in [-0.3, -0.25) is 9.78 Å². The van der Waals surface area contributed by atoms with Gasteiger partial charge in [0.05, 0.1) is 29.8 Å². The summed E-state index contributed by atoms with van der Waals surface area (Å²) in [5.41, 5.74) is 0.574. The first-order chi connectivity index (χ1) is 18.3. The number of nitrogens with one attached hydrogen (secondary N) is 1. The number of halogens is 4. The summed E-state index contributed by atoms with van der Waals surface area (Å²) >= 11 is 0. The molecule has 194 valence electrons. The van der Waals surface area contributed by atoms with Gasteiger partial charge in [0, 0.05) is 40.8 Å². The highest BCUT2D eigenvalue weighted by atomic mass is 19.2. The number of nitrogens with zero attached hydrogens (tertiary/aromatic N) is 1. The Bertz CT molecular complexity index is 1590. The van der Waals surface area contributed by atoms with Crippen LogP contribution in [-0.2, 0) is 0 Å². The highest BCUT2D eigenvalue weighted by Gasteiger charge is 2.35. The number of fused-ring (bicyclic) bond motifs is 2. The average molecular weight is 522 g/mol. The largest absolute Gasteiger partial charge is 0.493 e. The molecule has 9 heteroatoms. The van der Waals surface area contributed by atoms with E-state index in [2.05, 4.69) is 10.3 Å². The number of aliphatic hydroxyl groups is 1. The van der Waals surface area contributed by atoms with Gasteiger partial charge in [0.2, 0.25) is 0 Å². The van der Waals surface area contributed by atoms with E-state index in [0.717, 1.165) is 11.6 Å². The SMILES string of the molecule is O=C(N[C@H]1CCOc2ccccc21)c1cnc2c(-c3cc(F)cc(F)c3F)c(F)ccc2c1C1CC(O)C1. The third-order valence-corrected chi connectivity index (χ3v) is 7.32. The number of pyridine rings is 1. The Morgan fingerprint density at radius 3 is 2.61 bits per heavy atom. The number of rotatable bonds is 4. The number of aromatic nitrogens is 1. The zero-order valence-electron chi connectivity index (χ0n) is 20.0. The molecule has 4 aromatic rings. The topological polar surface area (TPSA) is 71.5 Å². The van der Waals surface area contributed by atoms with Crippen molar-refractivity contribution >= 4 is 16.8 Å². The van der Waals surface area contributed by atoms with E-state index in [1.807, 2.05) is 24.3 Å². The van der Waals surface area contributed by atoms with Gasteiger partial charge in [-0.2, -0.15) is 0 Å². The Hall–Kier alpha value is -3.98. The lowest BCUT2D eigenvalue weighted by molar-refractivity contribution is 0.0737. The van der Waals surface area contributed by atoms with Crippen LogP contribution in [0.5, 0.6) is 5.75 Å². The number of amides is 1. The fourth-order valence-electron chi connectivity index (χ4n) is 5.43. The van der Waals surface area contributed by atoms with Crippen LogP contribution in [0.1, 0.15) is 52.7 Å². The predicted molar refractivity (Wildman–Crippen MR) is 132 cm³/mol. The molecule has 1 amide bonds. The first-order valence-corrected chi connectivity index (χ1v) is 12.3. The minimum Gasteiger partial charge on any atom is -0.493 e. The number of para-hydroxylation sites is 1. The second-order valence-corrected chi connectivity index (χ2v) is 9.68. The number of hydrogen-bond donors (Lipinski definition) is 2. The van der Waals surface area contributed by atoms with E-state index >= 15 is 4.39 Å². The van der Waals surface area contributed by atoms with Crippen molar-refractivity contribution < 1.29 is 32.2 Å². The normalized spacial score (nSPS) is 20.4. The van der Waals surface area contributed by atoms with Crippen molar-refractivity contribution in [3.8, 4) is 16.9 Å². The van der Waals surface area contributed by atoms with Crippen molar-refractivity contribution in [3.05, 3.63) is 94.7 Å². The van der Waals surface area contributed by atoms with Crippen molar-refractivity contribution in [1.29, 1.82) is 0 Å². The number of ether oxygens (including phenoxy) is 1.